The van der Waals surface area contributed by atoms with E-state index in [0.29, 0.717) is 6.67 Å². The zero-order valence-corrected chi connectivity index (χ0v) is 16.7. The van der Waals surface area contributed by atoms with Crippen molar-refractivity contribution < 1.29 is 14.3 Å². The van der Waals surface area contributed by atoms with E-state index in [2.05, 4.69) is 29.2 Å². The van der Waals surface area contributed by atoms with E-state index in [1.165, 1.54) is 0 Å². The first-order chi connectivity index (χ1) is 14.2. The van der Waals surface area contributed by atoms with Crippen LogP contribution in [0.3, 0.4) is 0 Å². The minimum absolute atomic E-state index is 0.0872. The lowest BCUT2D eigenvalue weighted by Gasteiger charge is -2.30. The summed E-state index contributed by atoms with van der Waals surface area (Å²) in [4.78, 5) is 17.5. The van der Waals surface area contributed by atoms with Crippen LogP contribution in [0, 0.1) is 0 Å². The maximum atomic E-state index is 13.2. The van der Waals surface area contributed by atoms with Crippen LogP contribution >= 0.6 is 0 Å². The molecular formula is C24H24N2O3. The van der Waals surface area contributed by atoms with Crippen molar-refractivity contribution in [3.05, 3.63) is 65.7 Å². The van der Waals surface area contributed by atoms with Crippen LogP contribution in [0.5, 0.6) is 11.5 Å². The lowest BCUT2D eigenvalue weighted by Crippen LogP contribution is -2.39. The first kappa shape index (κ1) is 18.0. The first-order valence-corrected chi connectivity index (χ1v) is 10.0. The number of rotatable bonds is 5. The van der Waals surface area contributed by atoms with Gasteiger partial charge in [0.25, 0.3) is 5.91 Å². The molecule has 0 radical (unpaired) electrons. The number of nitrogens with zero attached hydrogens (tertiary/aromatic N) is 2. The van der Waals surface area contributed by atoms with E-state index in [9.17, 15) is 4.79 Å². The minimum atomic E-state index is 0.0872. The van der Waals surface area contributed by atoms with Gasteiger partial charge in [0.05, 0.1) is 26.6 Å². The Morgan fingerprint density at radius 2 is 1.86 bits per heavy atom. The molecule has 2 aliphatic rings. The third-order valence-electron chi connectivity index (χ3n) is 6.14. The zero-order chi connectivity index (χ0) is 20.0. The lowest BCUT2D eigenvalue weighted by molar-refractivity contribution is 0.0971. The second kappa shape index (κ2) is 7.08. The number of carbonyl (C=O) groups excluding carboxylic acids is 1. The highest BCUT2D eigenvalue weighted by Crippen LogP contribution is 2.41. The highest BCUT2D eigenvalue weighted by molar-refractivity contribution is 6.24. The lowest BCUT2D eigenvalue weighted by atomic mass is 10.0. The van der Waals surface area contributed by atoms with Gasteiger partial charge in [0.15, 0.2) is 0 Å². The van der Waals surface area contributed by atoms with Gasteiger partial charge in [-0.15, -0.1) is 0 Å². The number of benzene rings is 3. The van der Waals surface area contributed by atoms with Crippen LogP contribution in [0.25, 0.3) is 10.8 Å². The SMILES string of the molecule is COc1ccc([C@@H]2CCCN2CN2C(=O)c3cccc4cccc2c34)c(OC)c1. The van der Waals surface area contributed by atoms with Crippen molar-refractivity contribution in [1.82, 2.24) is 4.90 Å². The van der Waals surface area contributed by atoms with Crippen LogP contribution in [0.15, 0.2) is 54.6 Å². The molecule has 3 aromatic rings. The third-order valence-corrected chi connectivity index (χ3v) is 6.14. The van der Waals surface area contributed by atoms with E-state index in [4.69, 9.17) is 9.47 Å². The Morgan fingerprint density at radius 3 is 2.66 bits per heavy atom. The number of hydrogen-bond acceptors (Lipinski definition) is 4. The van der Waals surface area contributed by atoms with E-state index < -0.39 is 0 Å². The van der Waals surface area contributed by atoms with E-state index in [1.807, 2.05) is 35.2 Å². The Hall–Kier alpha value is -3.05. The van der Waals surface area contributed by atoms with Gasteiger partial charge in [0.2, 0.25) is 0 Å². The molecule has 5 heteroatoms. The minimum Gasteiger partial charge on any atom is -0.497 e. The van der Waals surface area contributed by atoms with Gasteiger partial charge < -0.3 is 9.47 Å². The molecule has 1 atom stereocenters. The van der Waals surface area contributed by atoms with Crippen LogP contribution in [0.2, 0.25) is 0 Å². The van der Waals surface area contributed by atoms with E-state index in [0.717, 1.165) is 58.5 Å². The molecule has 0 bridgehead atoms. The smallest absolute Gasteiger partial charge is 0.260 e. The molecular weight excluding hydrogens is 364 g/mol. The molecule has 0 unspecified atom stereocenters. The van der Waals surface area contributed by atoms with Gasteiger partial charge in [-0.1, -0.05) is 30.3 Å². The molecule has 148 valence electrons. The fourth-order valence-electron chi connectivity index (χ4n) is 4.74. The second-order valence-corrected chi connectivity index (χ2v) is 7.63. The summed E-state index contributed by atoms with van der Waals surface area (Å²) in [6, 6.07) is 18.3. The van der Waals surface area contributed by atoms with Gasteiger partial charge >= 0.3 is 0 Å². The van der Waals surface area contributed by atoms with E-state index in [1.54, 1.807) is 14.2 Å². The van der Waals surface area contributed by atoms with Crippen molar-refractivity contribution >= 4 is 22.4 Å². The normalized spacial score (nSPS) is 18.6. The summed E-state index contributed by atoms with van der Waals surface area (Å²) in [5, 5.41) is 2.18. The standard InChI is InChI=1S/C24H24N2O3/c1-28-17-11-12-18(22(14-17)29-2)20-10-5-13-25(20)15-26-21-9-4-7-16-6-3-8-19(23(16)21)24(26)27/h3-4,6-9,11-12,14,20H,5,10,13,15H2,1-2H3/t20-/m0/s1. The molecule has 2 aliphatic heterocycles. The van der Waals surface area contributed by atoms with Crippen molar-refractivity contribution in [3.63, 3.8) is 0 Å². The summed E-state index contributed by atoms with van der Waals surface area (Å²) in [6.45, 7) is 1.53. The average Bonchev–Trinajstić information content (AvgIpc) is 3.33. The van der Waals surface area contributed by atoms with Crippen molar-refractivity contribution in [2.45, 2.75) is 18.9 Å². The average molecular weight is 388 g/mol. The van der Waals surface area contributed by atoms with Crippen molar-refractivity contribution in [2.24, 2.45) is 0 Å². The number of carbonyl (C=O) groups is 1. The molecule has 0 saturated carbocycles. The number of methoxy groups -OCH3 is 2. The molecule has 1 fully saturated rings. The van der Waals surface area contributed by atoms with Crippen LogP contribution < -0.4 is 14.4 Å². The third kappa shape index (κ3) is 2.85. The Balaban J connectivity index is 1.47. The number of amides is 1. The summed E-state index contributed by atoms with van der Waals surface area (Å²) in [5.74, 6) is 1.70. The Morgan fingerprint density at radius 1 is 1.03 bits per heavy atom. The largest absolute Gasteiger partial charge is 0.497 e. The van der Waals surface area contributed by atoms with Crippen LogP contribution in [0.4, 0.5) is 5.69 Å². The molecule has 0 spiro atoms. The Bertz CT molecular complexity index is 1090. The number of anilines is 1. The second-order valence-electron chi connectivity index (χ2n) is 7.63. The monoisotopic (exact) mass is 388 g/mol. The predicted molar refractivity (Wildman–Crippen MR) is 114 cm³/mol. The van der Waals surface area contributed by atoms with Crippen LogP contribution in [-0.2, 0) is 0 Å². The number of hydrogen-bond donors (Lipinski definition) is 0. The zero-order valence-electron chi connectivity index (χ0n) is 16.7. The number of ether oxygens (including phenoxy) is 2. The molecule has 0 N–H and O–H groups in total. The van der Waals surface area contributed by atoms with E-state index in [-0.39, 0.29) is 11.9 Å². The van der Waals surface area contributed by atoms with Crippen molar-refractivity contribution in [2.75, 3.05) is 32.3 Å². The predicted octanol–water partition coefficient (Wildman–Crippen LogP) is 4.61. The summed E-state index contributed by atoms with van der Waals surface area (Å²) >= 11 is 0. The molecule has 29 heavy (non-hydrogen) atoms. The van der Waals surface area contributed by atoms with Crippen molar-refractivity contribution in [1.29, 1.82) is 0 Å². The molecule has 5 nitrogen and oxygen atoms in total. The maximum Gasteiger partial charge on any atom is 0.260 e. The summed E-state index contributed by atoms with van der Waals surface area (Å²) in [5.41, 5.74) is 2.96. The highest BCUT2D eigenvalue weighted by atomic mass is 16.5. The van der Waals surface area contributed by atoms with Crippen molar-refractivity contribution in [3.8, 4) is 11.5 Å². The highest BCUT2D eigenvalue weighted by Gasteiger charge is 2.35. The van der Waals surface area contributed by atoms with Gasteiger partial charge in [-0.3, -0.25) is 14.6 Å². The van der Waals surface area contributed by atoms with Gasteiger partial charge in [-0.25, -0.2) is 0 Å². The molecule has 0 aliphatic carbocycles. The molecule has 1 amide bonds. The van der Waals surface area contributed by atoms with Gasteiger partial charge in [0, 0.05) is 35.2 Å². The van der Waals surface area contributed by atoms with Gasteiger partial charge in [-0.05, 0) is 36.4 Å². The maximum absolute atomic E-state index is 13.2. The molecule has 1 saturated heterocycles. The molecule has 5 rings (SSSR count). The molecule has 3 aromatic carbocycles. The summed E-state index contributed by atoms with van der Waals surface area (Å²) < 4.78 is 11.0. The van der Waals surface area contributed by atoms with Gasteiger partial charge in [0.1, 0.15) is 11.5 Å². The summed E-state index contributed by atoms with van der Waals surface area (Å²) in [7, 11) is 3.35. The summed E-state index contributed by atoms with van der Waals surface area (Å²) in [6.07, 6.45) is 2.14. The van der Waals surface area contributed by atoms with Crippen LogP contribution in [-0.4, -0.2) is 38.2 Å². The van der Waals surface area contributed by atoms with Crippen LogP contribution in [0.1, 0.15) is 34.8 Å². The topological polar surface area (TPSA) is 42.0 Å². The first-order valence-electron chi connectivity index (χ1n) is 10.0. The quantitative estimate of drug-likeness (QED) is 0.640. The van der Waals surface area contributed by atoms with Gasteiger partial charge in [-0.2, -0.15) is 0 Å². The Kier molecular flexibility index (Phi) is 4.40. The Labute approximate surface area is 170 Å². The molecule has 0 aromatic heterocycles. The fourth-order valence-corrected chi connectivity index (χ4v) is 4.74. The fraction of sp³-hybridized carbons (Fsp3) is 0.292. The van der Waals surface area contributed by atoms with E-state index >= 15 is 0 Å². The number of likely N-dealkylation sites (tertiary alicyclic amines) is 1. The molecule has 2 heterocycles.